The second-order valence-corrected chi connectivity index (χ2v) is 4.74. The zero-order chi connectivity index (χ0) is 13.3. The first-order valence-electron chi connectivity index (χ1n) is 6.60. The minimum atomic E-state index is -1.16. The molecule has 2 nitrogen and oxygen atoms in total. The molecule has 0 radical (unpaired) electrons. The van der Waals surface area contributed by atoms with Crippen molar-refractivity contribution in [2.75, 3.05) is 0 Å². The summed E-state index contributed by atoms with van der Waals surface area (Å²) in [4.78, 5) is 10.6. The van der Waals surface area contributed by atoms with E-state index in [4.69, 9.17) is 5.11 Å². The summed E-state index contributed by atoms with van der Waals surface area (Å²) in [5.74, 6) is -1.89. The normalized spacial score (nSPS) is 14.4. The van der Waals surface area contributed by atoms with E-state index in [1.165, 1.54) is 32.6 Å². The van der Waals surface area contributed by atoms with Crippen LogP contribution in [0.5, 0.6) is 0 Å². The maximum absolute atomic E-state index is 13.6. The molecule has 0 aliphatic heterocycles. The Balaban J connectivity index is 3.83. The fourth-order valence-corrected chi connectivity index (χ4v) is 1.83. The first kappa shape index (κ1) is 16.1. The molecule has 0 aromatic rings. The molecule has 1 atom stereocenters. The van der Waals surface area contributed by atoms with Crippen LogP contribution in [0.15, 0.2) is 11.4 Å². The highest BCUT2D eigenvalue weighted by Gasteiger charge is 2.15. The van der Waals surface area contributed by atoms with Crippen LogP contribution in [0.1, 0.15) is 65.7 Å². The Morgan fingerprint density at radius 1 is 1.18 bits per heavy atom. The summed E-state index contributed by atoms with van der Waals surface area (Å²) in [5.41, 5.74) is -0.150. The zero-order valence-corrected chi connectivity index (χ0v) is 11.3. The average molecular weight is 244 g/mol. The Labute approximate surface area is 104 Å². The molecule has 0 aliphatic rings. The predicted molar refractivity (Wildman–Crippen MR) is 68.6 cm³/mol. The largest absolute Gasteiger partial charge is 0.478 e. The van der Waals surface area contributed by atoms with Crippen molar-refractivity contribution in [1.82, 2.24) is 0 Å². The SMILES string of the molecule is CCCCCCCCC(C)C(F)=C(C)C(=O)O. The molecule has 3 heteroatoms. The Hall–Kier alpha value is -0.860. The molecule has 0 fully saturated rings. The highest BCUT2D eigenvalue weighted by atomic mass is 19.1. The lowest BCUT2D eigenvalue weighted by Crippen LogP contribution is -2.05. The van der Waals surface area contributed by atoms with Gasteiger partial charge in [0.1, 0.15) is 5.83 Å². The van der Waals surface area contributed by atoms with Gasteiger partial charge in [-0.2, -0.15) is 0 Å². The molecule has 0 aliphatic carbocycles. The van der Waals surface area contributed by atoms with Gasteiger partial charge in [0.25, 0.3) is 0 Å². The van der Waals surface area contributed by atoms with Gasteiger partial charge in [0.2, 0.25) is 0 Å². The smallest absolute Gasteiger partial charge is 0.333 e. The van der Waals surface area contributed by atoms with Crippen molar-refractivity contribution in [1.29, 1.82) is 0 Å². The second kappa shape index (κ2) is 9.20. The maximum Gasteiger partial charge on any atom is 0.333 e. The van der Waals surface area contributed by atoms with Crippen molar-refractivity contribution < 1.29 is 14.3 Å². The lowest BCUT2D eigenvalue weighted by atomic mass is 9.98. The van der Waals surface area contributed by atoms with Crippen LogP contribution in [-0.4, -0.2) is 11.1 Å². The van der Waals surface area contributed by atoms with Crippen LogP contribution < -0.4 is 0 Å². The zero-order valence-electron chi connectivity index (χ0n) is 11.3. The number of unbranched alkanes of at least 4 members (excludes halogenated alkanes) is 5. The van der Waals surface area contributed by atoms with Gasteiger partial charge in [-0.15, -0.1) is 0 Å². The summed E-state index contributed by atoms with van der Waals surface area (Å²) in [7, 11) is 0. The molecule has 0 saturated carbocycles. The number of aliphatic carboxylic acids is 1. The minimum absolute atomic E-state index is 0.150. The van der Waals surface area contributed by atoms with Crippen LogP contribution in [0.3, 0.4) is 0 Å². The summed E-state index contributed by atoms with van der Waals surface area (Å²) < 4.78 is 13.6. The highest BCUT2D eigenvalue weighted by Crippen LogP contribution is 2.22. The van der Waals surface area contributed by atoms with E-state index in [0.717, 1.165) is 19.3 Å². The van der Waals surface area contributed by atoms with E-state index >= 15 is 0 Å². The quantitative estimate of drug-likeness (QED) is 0.471. The minimum Gasteiger partial charge on any atom is -0.478 e. The van der Waals surface area contributed by atoms with Crippen LogP contribution in [0.25, 0.3) is 0 Å². The standard InChI is InChI=1S/C14H25FO2/c1-4-5-6-7-8-9-10-11(2)13(15)12(3)14(16)17/h11H,4-10H2,1-3H3,(H,16,17). The number of carboxylic acids is 1. The molecule has 0 saturated heterocycles. The van der Waals surface area contributed by atoms with Gasteiger partial charge in [0, 0.05) is 5.92 Å². The van der Waals surface area contributed by atoms with Gasteiger partial charge >= 0.3 is 5.97 Å². The third-order valence-corrected chi connectivity index (χ3v) is 3.10. The number of carbonyl (C=O) groups is 1. The summed E-state index contributed by atoms with van der Waals surface area (Å²) in [5, 5.41) is 8.67. The first-order chi connectivity index (χ1) is 8.00. The molecule has 0 heterocycles. The van der Waals surface area contributed by atoms with E-state index in [-0.39, 0.29) is 11.5 Å². The number of hydrogen-bond donors (Lipinski definition) is 1. The lowest BCUT2D eigenvalue weighted by Gasteiger charge is -2.10. The van der Waals surface area contributed by atoms with E-state index in [2.05, 4.69) is 6.92 Å². The Morgan fingerprint density at radius 2 is 1.71 bits per heavy atom. The van der Waals surface area contributed by atoms with Crippen LogP contribution in [-0.2, 0) is 4.79 Å². The van der Waals surface area contributed by atoms with Crippen molar-refractivity contribution in [2.45, 2.75) is 65.7 Å². The molecule has 0 aromatic carbocycles. The number of rotatable bonds is 9. The van der Waals surface area contributed by atoms with Gasteiger partial charge in [0.15, 0.2) is 0 Å². The highest BCUT2D eigenvalue weighted by molar-refractivity contribution is 5.86. The van der Waals surface area contributed by atoms with E-state index < -0.39 is 11.8 Å². The summed E-state index contributed by atoms with van der Waals surface area (Å²) in [6.07, 6.45) is 7.77. The molecule has 0 bridgehead atoms. The van der Waals surface area contributed by atoms with Crippen LogP contribution >= 0.6 is 0 Å². The molecular formula is C14H25FO2. The van der Waals surface area contributed by atoms with E-state index in [1.54, 1.807) is 6.92 Å². The van der Waals surface area contributed by atoms with Crippen molar-refractivity contribution in [3.05, 3.63) is 11.4 Å². The average Bonchev–Trinajstić information content (AvgIpc) is 2.31. The summed E-state index contributed by atoms with van der Waals surface area (Å²) in [6, 6.07) is 0. The molecule has 0 aromatic heterocycles. The predicted octanol–water partition coefficient (Wildman–Crippen LogP) is 4.70. The second-order valence-electron chi connectivity index (χ2n) is 4.74. The molecular weight excluding hydrogens is 219 g/mol. The first-order valence-corrected chi connectivity index (χ1v) is 6.60. The van der Waals surface area contributed by atoms with Gasteiger partial charge < -0.3 is 5.11 Å². The van der Waals surface area contributed by atoms with Crippen LogP contribution in [0.4, 0.5) is 4.39 Å². The third kappa shape index (κ3) is 7.14. The molecule has 0 amide bonds. The summed E-state index contributed by atoms with van der Waals surface area (Å²) in [6.45, 7) is 5.26. The molecule has 0 rings (SSSR count). The van der Waals surface area contributed by atoms with E-state index in [1.807, 2.05) is 0 Å². The van der Waals surface area contributed by atoms with Gasteiger partial charge in [-0.3, -0.25) is 0 Å². The summed E-state index contributed by atoms with van der Waals surface area (Å²) >= 11 is 0. The van der Waals surface area contributed by atoms with Gasteiger partial charge in [-0.1, -0.05) is 52.4 Å². The number of carboxylic acid groups (broad SMARTS) is 1. The Morgan fingerprint density at radius 3 is 2.24 bits per heavy atom. The maximum atomic E-state index is 13.6. The number of halogens is 1. The monoisotopic (exact) mass is 244 g/mol. The van der Waals surface area contributed by atoms with Crippen molar-refractivity contribution >= 4 is 5.97 Å². The van der Waals surface area contributed by atoms with Crippen molar-refractivity contribution in [3.63, 3.8) is 0 Å². The fraction of sp³-hybridized carbons (Fsp3) is 0.786. The third-order valence-electron chi connectivity index (χ3n) is 3.10. The topological polar surface area (TPSA) is 37.3 Å². The Kier molecular flexibility index (Phi) is 8.73. The number of allylic oxidation sites excluding steroid dienone is 1. The molecule has 1 N–H and O–H groups in total. The molecule has 100 valence electrons. The van der Waals surface area contributed by atoms with Gasteiger partial charge in [0.05, 0.1) is 5.57 Å². The van der Waals surface area contributed by atoms with Crippen molar-refractivity contribution in [3.8, 4) is 0 Å². The van der Waals surface area contributed by atoms with Crippen molar-refractivity contribution in [2.24, 2.45) is 5.92 Å². The van der Waals surface area contributed by atoms with E-state index in [9.17, 15) is 9.18 Å². The van der Waals surface area contributed by atoms with Crippen LogP contribution in [0.2, 0.25) is 0 Å². The number of hydrogen-bond acceptors (Lipinski definition) is 1. The van der Waals surface area contributed by atoms with E-state index in [0.29, 0.717) is 0 Å². The van der Waals surface area contributed by atoms with Gasteiger partial charge in [-0.05, 0) is 13.3 Å². The molecule has 1 unspecified atom stereocenters. The van der Waals surface area contributed by atoms with Crippen LogP contribution in [0, 0.1) is 5.92 Å². The van der Waals surface area contributed by atoms with Gasteiger partial charge in [-0.25, -0.2) is 9.18 Å². The Bertz CT molecular complexity index is 259. The molecule has 0 spiro atoms. The molecule has 17 heavy (non-hydrogen) atoms. The lowest BCUT2D eigenvalue weighted by molar-refractivity contribution is -0.132. The fourth-order valence-electron chi connectivity index (χ4n) is 1.83.